The molecule has 0 spiro atoms. The van der Waals surface area contributed by atoms with Crippen LogP contribution in [0.25, 0.3) is 0 Å². The molecule has 1 fully saturated rings. The van der Waals surface area contributed by atoms with Crippen LogP contribution in [0.1, 0.15) is 24.0 Å². The van der Waals surface area contributed by atoms with Crippen LogP contribution in [0.4, 0.5) is 4.39 Å². The van der Waals surface area contributed by atoms with Crippen molar-refractivity contribution in [3.05, 3.63) is 65.5 Å². The number of rotatable bonds is 6. The number of amides is 2. The summed E-state index contributed by atoms with van der Waals surface area (Å²) in [4.78, 5) is 23.0. The largest absolute Gasteiger partial charge is 0.489 e. The van der Waals surface area contributed by atoms with Gasteiger partial charge < -0.3 is 10.1 Å². The summed E-state index contributed by atoms with van der Waals surface area (Å²) < 4.78 is 18.8. The van der Waals surface area contributed by atoms with Crippen molar-refractivity contribution in [2.45, 2.75) is 25.5 Å². The summed E-state index contributed by atoms with van der Waals surface area (Å²) in [5.74, 6) is -1.21. The molecule has 2 aromatic rings. The first-order valence-electron chi connectivity index (χ1n) is 8.21. The third kappa shape index (κ3) is 5.41. The molecule has 7 heteroatoms. The van der Waals surface area contributed by atoms with Crippen molar-refractivity contribution in [2.75, 3.05) is 0 Å². The molecule has 2 N–H and O–H groups in total. The van der Waals surface area contributed by atoms with E-state index in [0.29, 0.717) is 11.3 Å². The van der Waals surface area contributed by atoms with Crippen LogP contribution in [-0.2, 0) is 16.2 Å². The lowest BCUT2D eigenvalue weighted by atomic mass is 10.2. The Hall–Kier alpha value is -3.22. The van der Waals surface area contributed by atoms with Gasteiger partial charge in [0.2, 0.25) is 0 Å². The van der Waals surface area contributed by atoms with Gasteiger partial charge in [0.15, 0.2) is 0 Å². The summed E-state index contributed by atoms with van der Waals surface area (Å²) in [5, 5.41) is 6.35. The first kappa shape index (κ1) is 17.6. The Kier molecular flexibility index (Phi) is 5.58. The van der Waals surface area contributed by atoms with Gasteiger partial charge in [0.1, 0.15) is 18.2 Å². The zero-order valence-electron chi connectivity index (χ0n) is 13.9. The summed E-state index contributed by atoms with van der Waals surface area (Å²) in [6.45, 7) is 0.233. The fourth-order valence-corrected chi connectivity index (χ4v) is 2.17. The van der Waals surface area contributed by atoms with E-state index in [9.17, 15) is 14.0 Å². The van der Waals surface area contributed by atoms with Gasteiger partial charge in [0.25, 0.3) is 0 Å². The molecule has 0 radical (unpaired) electrons. The highest BCUT2D eigenvalue weighted by Crippen LogP contribution is 2.18. The maximum atomic E-state index is 13.2. The Balaban J connectivity index is 1.51. The lowest BCUT2D eigenvalue weighted by Crippen LogP contribution is -2.38. The van der Waals surface area contributed by atoms with E-state index >= 15 is 0 Å². The minimum Gasteiger partial charge on any atom is -0.489 e. The van der Waals surface area contributed by atoms with Gasteiger partial charge in [-0.25, -0.2) is 9.82 Å². The lowest BCUT2D eigenvalue weighted by Gasteiger charge is -2.07. The van der Waals surface area contributed by atoms with Crippen LogP contribution in [-0.4, -0.2) is 24.1 Å². The minimum atomic E-state index is -0.799. The lowest BCUT2D eigenvalue weighted by molar-refractivity contribution is -0.139. The Bertz CT molecular complexity index is 834. The summed E-state index contributed by atoms with van der Waals surface area (Å²) in [6.07, 6.45) is 3.23. The number of ether oxygens (including phenoxy) is 1. The SMILES string of the molecule is O=C(N/N=C\c1cccc(OCc2cccc(F)c2)c1)C(=O)NC1CC1. The van der Waals surface area contributed by atoms with Gasteiger partial charge in [0, 0.05) is 6.04 Å². The maximum Gasteiger partial charge on any atom is 0.329 e. The van der Waals surface area contributed by atoms with E-state index in [0.717, 1.165) is 18.4 Å². The van der Waals surface area contributed by atoms with Gasteiger partial charge in [-0.1, -0.05) is 24.3 Å². The molecule has 1 aliphatic rings. The molecule has 26 heavy (non-hydrogen) atoms. The van der Waals surface area contributed by atoms with Crippen LogP contribution in [0.15, 0.2) is 53.6 Å². The van der Waals surface area contributed by atoms with E-state index in [1.54, 1.807) is 36.4 Å². The Labute approximate surface area is 150 Å². The average Bonchev–Trinajstić information content (AvgIpc) is 3.44. The molecule has 0 aromatic heterocycles. The molecule has 2 amide bonds. The zero-order valence-corrected chi connectivity index (χ0v) is 13.9. The fraction of sp³-hybridized carbons (Fsp3) is 0.211. The third-order valence-electron chi connectivity index (χ3n) is 3.65. The van der Waals surface area contributed by atoms with E-state index in [1.165, 1.54) is 18.3 Å². The highest BCUT2D eigenvalue weighted by Gasteiger charge is 2.26. The van der Waals surface area contributed by atoms with Crippen molar-refractivity contribution < 1.29 is 18.7 Å². The van der Waals surface area contributed by atoms with Gasteiger partial charge in [-0.2, -0.15) is 5.10 Å². The number of carbonyl (C=O) groups excluding carboxylic acids is 2. The molecule has 0 heterocycles. The first-order valence-corrected chi connectivity index (χ1v) is 8.21. The van der Waals surface area contributed by atoms with Crippen LogP contribution in [0.3, 0.4) is 0 Å². The minimum absolute atomic E-state index is 0.115. The molecular weight excluding hydrogens is 337 g/mol. The summed E-state index contributed by atoms with van der Waals surface area (Å²) in [6, 6.07) is 13.3. The van der Waals surface area contributed by atoms with Gasteiger partial charge in [-0.05, 0) is 48.2 Å². The van der Waals surface area contributed by atoms with Crippen LogP contribution < -0.4 is 15.5 Å². The number of nitrogens with zero attached hydrogens (tertiary/aromatic N) is 1. The van der Waals surface area contributed by atoms with Gasteiger partial charge in [-0.15, -0.1) is 0 Å². The molecule has 134 valence electrons. The highest BCUT2D eigenvalue weighted by atomic mass is 19.1. The van der Waals surface area contributed by atoms with E-state index in [2.05, 4.69) is 15.8 Å². The van der Waals surface area contributed by atoms with Crippen LogP contribution >= 0.6 is 0 Å². The van der Waals surface area contributed by atoms with Crippen LogP contribution in [0, 0.1) is 5.82 Å². The number of nitrogens with one attached hydrogen (secondary N) is 2. The molecule has 0 unspecified atom stereocenters. The molecule has 0 aliphatic heterocycles. The highest BCUT2D eigenvalue weighted by molar-refractivity contribution is 6.35. The van der Waals surface area contributed by atoms with E-state index < -0.39 is 11.8 Å². The van der Waals surface area contributed by atoms with Crippen molar-refractivity contribution in [1.82, 2.24) is 10.7 Å². The monoisotopic (exact) mass is 355 g/mol. The van der Waals surface area contributed by atoms with Crippen LogP contribution in [0.2, 0.25) is 0 Å². The van der Waals surface area contributed by atoms with Crippen molar-refractivity contribution in [3.8, 4) is 5.75 Å². The standard InChI is InChI=1S/C19H18FN3O3/c20-15-5-1-4-14(9-15)12-26-17-6-2-3-13(10-17)11-21-23-19(25)18(24)22-16-7-8-16/h1-6,9-11,16H,7-8,12H2,(H,22,24)(H,23,25)/b21-11-. The molecule has 0 bridgehead atoms. The van der Waals surface area contributed by atoms with Crippen molar-refractivity contribution in [3.63, 3.8) is 0 Å². The quantitative estimate of drug-likeness (QED) is 0.473. The Morgan fingerprint density at radius 2 is 1.96 bits per heavy atom. The number of benzene rings is 2. The molecular formula is C19H18FN3O3. The predicted molar refractivity (Wildman–Crippen MR) is 94.1 cm³/mol. The van der Waals surface area contributed by atoms with Crippen molar-refractivity contribution in [2.24, 2.45) is 5.10 Å². The molecule has 0 atom stereocenters. The molecule has 0 saturated heterocycles. The van der Waals surface area contributed by atoms with E-state index in [4.69, 9.17) is 4.74 Å². The van der Waals surface area contributed by atoms with Crippen LogP contribution in [0.5, 0.6) is 5.75 Å². The second-order valence-corrected chi connectivity index (χ2v) is 5.94. The Morgan fingerprint density at radius 1 is 1.15 bits per heavy atom. The fourth-order valence-electron chi connectivity index (χ4n) is 2.17. The zero-order chi connectivity index (χ0) is 18.4. The second kappa shape index (κ2) is 8.24. The van der Waals surface area contributed by atoms with E-state index in [-0.39, 0.29) is 18.5 Å². The number of hydrazone groups is 1. The summed E-state index contributed by atoms with van der Waals surface area (Å²) >= 11 is 0. The topological polar surface area (TPSA) is 79.8 Å². The summed E-state index contributed by atoms with van der Waals surface area (Å²) in [5.41, 5.74) is 3.59. The molecule has 6 nitrogen and oxygen atoms in total. The molecule has 1 saturated carbocycles. The number of hydrogen-bond acceptors (Lipinski definition) is 4. The van der Waals surface area contributed by atoms with Gasteiger partial charge in [0.05, 0.1) is 6.21 Å². The second-order valence-electron chi connectivity index (χ2n) is 5.94. The van der Waals surface area contributed by atoms with Crippen molar-refractivity contribution in [1.29, 1.82) is 0 Å². The third-order valence-corrected chi connectivity index (χ3v) is 3.65. The van der Waals surface area contributed by atoms with Gasteiger partial charge in [-0.3, -0.25) is 9.59 Å². The molecule has 1 aliphatic carbocycles. The first-order chi connectivity index (χ1) is 12.6. The molecule has 3 rings (SSSR count). The number of hydrogen-bond donors (Lipinski definition) is 2. The maximum absolute atomic E-state index is 13.2. The number of carbonyl (C=O) groups is 2. The normalized spacial score (nSPS) is 13.4. The van der Waals surface area contributed by atoms with Crippen molar-refractivity contribution >= 4 is 18.0 Å². The average molecular weight is 355 g/mol. The number of halogens is 1. The summed E-state index contributed by atoms with van der Waals surface area (Å²) in [7, 11) is 0. The molecule has 2 aromatic carbocycles. The van der Waals surface area contributed by atoms with Gasteiger partial charge >= 0.3 is 11.8 Å². The smallest absolute Gasteiger partial charge is 0.329 e. The Morgan fingerprint density at radius 3 is 2.73 bits per heavy atom. The van der Waals surface area contributed by atoms with E-state index in [1.807, 2.05) is 0 Å². The predicted octanol–water partition coefficient (Wildman–Crippen LogP) is 2.13.